The van der Waals surface area contributed by atoms with Gasteiger partial charge in [-0.05, 0) is 48.2 Å². The van der Waals surface area contributed by atoms with Crippen molar-refractivity contribution < 1.29 is 4.74 Å². The summed E-state index contributed by atoms with van der Waals surface area (Å²) >= 11 is 11.7. The molecule has 100 valence electrons. The SMILES string of the molecule is Clc1ccc(CCOCCc2ccc(Cl)cc2)cc1. The Kier molecular flexibility index (Phi) is 5.71. The van der Waals surface area contributed by atoms with Crippen molar-refractivity contribution in [3.05, 3.63) is 69.7 Å². The maximum Gasteiger partial charge on any atom is 0.0506 e. The summed E-state index contributed by atoms with van der Waals surface area (Å²) in [5.41, 5.74) is 2.49. The highest BCUT2D eigenvalue weighted by Gasteiger charge is 1.96. The van der Waals surface area contributed by atoms with E-state index in [9.17, 15) is 0 Å². The summed E-state index contributed by atoms with van der Waals surface area (Å²) < 4.78 is 5.64. The van der Waals surface area contributed by atoms with Gasteiger partial charge >= 0.3 is 0 Å². The maximum atomic E-state index is 5.83. The van der Waals surface area contributed by atoms with E-state index in [2.05, 4.69) is 0 Å². The zero-order valence-corrected chi connectivity index (χ0v) is 12.1. The van der Waals surface area contributed by atoms with Crippen LogP contribution in [0.2, 0.25) is 10.0 Å². The van der Waals surface area contributed by atoms with Crippen LogP contribution in [0.25, 0.3) is 0 Å². The van der Waals surface area contributed by atoms with Crippen LogP contribution in [0, 0.1) is 0 Å². The Morgan fingerprint density at radius 2 is 1.00 bits per heavy atom. The van der Waals surface area contributed by atoms with Crippen LogP contribution in [0.3, 0.4) is 0 Å². The largest absolute Gasteiger partial charge is 0.381 e. The zero-order chi connectivity index (χ0) is 13.5. The van der Waals surface area contributed by atoms with Crippen LogP contribution >= 0.6 is 23.2 Å². The summed E-state index contributed by atoms with van der Waals surface area (Å²) in [6, 6.07) is 15.8. The minimum absolute atomic E-state index is 0.731. The molecule has 3 heteroatoms. The van der Waals surface area contributed by atoms with Crippen molar-refractivity contribution in [1.29, 1.82) is 0 Å². The van der Waals surface area contributed by atoms with Crippen molar-refractivity contribution >= 4 is 23.2 Å². The first-order valence-corrected chi connectivity index (χ1v) is 7.06. The molecule has 2 aromatic rings. The molecule has 0 heterocycles. The minimum atomic E-state index is 0.731. The Bertz CT molecular complexity index is 444. The molecule has 0 N–H and O–H groups in total. The number of benzene rings is 2. The molecular formula is C16H16Cl2O. The first kappa shape index (κ1) is 14.4. The fraction of sp³-hybridized carbons (Fsp3) is 0.250. The predicted octanol–water partition coefficient (Wildman–Crippen LogP) is 4.80. The molecule has 0 atom stereocenters. The van der Waals surface area contributed by atoms with Gasteiger partial charge in [0.05, 0.1) is 13.2 Å². The van der Waals surface area contributed by atoms with Gasteiger partial charge in [0.1, 0.15) is 0 Å². The summed E-state index contributed by atoms with van der Waals surface area (Å²) in [6.45, 7) is 1.46. The summed E-state index contributed by atoms with van der Waals surface area (Å²) in [5, 5.41) is 1.54. The molecule has 2 aromatic carbocycles. The summed E-state index contributed by atoms with van der Waals surface area (Å²) in [6.07, 6.45) is 1.83. The van der Waals surface area contributed by atoms with Crippen molar-refractivity contribution in [2.45, 2.75) is 12.8 Å². The van der Waals surface area contributed by atoms with Gasteiger partial charge in [-0.2, -0.15) is 0 Å². The summed E-state index contributed by atoms with van der Waals surface area (Å²) in [4.78, 5) is 0. The average molecular weight is 295 g/mol. The van der Waals surface area contributed by atoms with Crippen LogP contribution in [0.1, 0.15) is 11.1 Å². The van der Waals surface area contributed by atoms with E-state index in [1.807, 2.05) is 48.5 Å². The van der Waals surface area contributed by atoms with Gasteiger partial charge in [-0.1, -0.05) is 47.5 Å². The Labute approximate surface area is 124 Å². The van der Waals surface area contributed by atoms with Crippen LogP contribution in [-0.4, -0.2) is 13.2 Å². The van der Waals surface area contributed by atoms with E-state index in [0.717, 1.165) is 36.1 Å². The first-order valence-electron chi connectivity index (χ1n) is 6.31. The molecule has 0 aliphatic heterocycles. The summed E-state index contributed by atoms with van der Waals surface area (Å²) in [7, 11) is 0. The van der Waals surface area contributed by atoms with Crippen LogP contribution in [0.15, 0.2) is 48.5 Å². The molecule has 0 saturated carbocycles. The number of hydrogen-bond acceptors (Lipinski definition) is 1. The molecule has 0 bridgehead atoms. The zero-order valence-electron chi connectivity index (χ0n) is 10.6. The number of hydrogen-bond donors (Lipinski definition) is 0. The second kappa shape index (κ2) is 7.54. The molecule has 2 rings (SSSR count). The van der Waals surface area contributed by atoms with Crippen molar-refractivity contribution in [3.8, 4) is 0 Å². The molecule has 0 aromatic heterocycles. The van der Waals surface area contributed by atoms with E-state index < -0.39 is 0 Å². The normalized spacial score (nSPS) is 10.6. The van der Waals surface area contributed by atoms with E-state index in [4.69, 9.17) is 27.9 Å². The predicted molar refractivity (Wildman–Crippen MR) is 81.1 cm³/mol. The van der Waals surface area contributed by atoms with Gasteiger partial charge in [-0.15, -0.1) is 0 Å². The Hall–Kier alpha value is -1.02. The Morgan fingerprint density at radius 1 is 0.632 bits per heavy atom. The minimum Gasteiger partial charge on any atom is -0.381 e. The quantitative estimate of drug-likeness (QED) is 0.696. The van der Waals surface area contributed by atoms with E-state index >= 15 is 0 Å². The second-order valence-corrected chi connectivity index (χ2v) is 5.24. The third-order valence-corrected chi connectivity index (χ3v) is 3.40. The van der Waals surface area contributed by atoms with E-state index in [1.54, 1.807) is 0 Å². The fourth-order valence-corrected chi connectivity index (χ4v) is 2.04. The lowest BCUT2D eigenvalue weighted by atomic mass is 10.1. The van der Waals surface area contributed by atoms with Gasteiger partial charge < -0.3 is 4.74 Å². The molecule has 0 fully saturated rings. The average Bonchev–Trinajstić information content (AvgIpc) is 2.43. The van der Waals surface area contributed by atoms with E-state index in [0.29, 0.717) is 0 Å². The van der Waals surface area contributed by atoms with Crippen LogP contribution < -0.4 is 0 Å². The standard InChI is InChI=1S/C16H16Cl2O/c17-15-5-1-13(2-6-15)9-11-19-12-10-14-3-7-16(18)8-4-14/h1-8H,9-12H2. The van der Waals surface area contributed by atoms with Crippen molar-refractivity contribution in [2.75, 3.05) is 13.2 Å². The highest BCUT2D eigenvalue weighted by Crippen LogP contribution is 2.11. The van der Waals surface area contributed by atoms with Crippen LogP contribution in [-0.2, 0) is 17.6 Å². The molecular weight excluding hydrogens is 279 g/mol. The number of ether oxygens (including phenoxy) is 1. The molecule has 0 unspecified atom stereocenters. The van der Waals surface area contributed by atoms with Gasteiger partial charge in [0.2, 0.25) is 0 Å². The molecule has 1 nitrogen and oxygen atoms in total. The smallest absolute Gasteiger partial charge is 0.0506 e. The molecule has 0 saturated heterocycles. The van der Waals surface area contributed by atoms with E-state index in [1.165, 1.54) is 11.1 Å². The van der Waals surface area contributed by atoms with Gasteiger partial charge in [-0.3, -0.25) is 0 Å². The lowest BCUT2D eigenvalue weighted by molar-refractivity contribution is 0.140. The molecule has 0 aliphatic rings. The fourth-order valence-electron chi connectivity index (χ4n) is 1.78. The molecule has 0 spiro atoms. The highest BCUT2D eigenvalue weighted by molar-refractivity contribution is 6.30. The Balaban J connectivity index is 1.64. The van der Waals surface area contributed by atoms with Crippen molar-refractivity contribution in [3.63, 3.8) is 0 Å². The van der Waals surface area contributed by atoms with E-state index in [-0.39, 0.29) is 0 Å². The molecule has 0 aliphatic carbocycles. The van der Waals surface area contributed by atoms with Crippen molar-refractivity contribution in [2.24, 2.45) is 0 Å². The third-order valence-electron chi connectivity index (χ3n) is 2.90. The summed E-state index contributed by atoms with van der Waals surface area (Å²) in [5.74, 6) is 0. The highest BCUT2D eigenvalue weighted by atomic mass is 35.5. The number of halogens is 2. The van der Waals surface area contributed by atoms with Gasteiger partial charge in [0, 0.05) is 10.0 Å². The van der Waals surface area contributed by atoms with Gasteiger partial charge in [0.15, 0.2) is 0 Å². The van der Waals surface area contributed by atoms with Gasteiger partial charge in [0.25, 0.3) is 0 Å². The lowest BCUT2D eigenvalue weighted by Gasteiger charge is -2.05. The second-order valence-electron chi connectivity index (χ2n) is 4.37. The first-order chi connectivity index (χ1) is 9.24. The van der Waals surface area contributed by atoms with Crippen molar-refractivity contribution in [1.82, 2.24) is 0 Å². The van der Waals surface area contributed by atoms with Crippen LogP contribution in [0.4, 0.5) is 0 Å². The van der Waals surface area contributed by atoms with Crippen LogP contribution in [0.5, 0.6) is 0 Å². The topological polar surface area (TPSA) is 9.23 Å². The lowest BCUT2D eigenvalue weighted by Crippen LogP contribution is -2.02. The molecule has 0 radical (unpaired) electrons. The monoisotopic (exact) mass is 294 g/mol. The number of rotatable bonds is 6. The third kappa shape index (κ3) is 5.23. The van der Waals surface area contributed by atoms with Gasteiger partial charge in [-0.25, -0.2) is 0 Å². The molecule has 19 heavy (non-hydrogen) atoms. The molecule has 0 amide bonds. The Morgan fingerprint density at radius 3 is 1.37 bits per heavy atom. The maximum absolute atomic E-state index is 5.83.